The first-order chi connectivity index (χ1) is 23.5. The van der Waals surface area contributed by atoms with Crippen LogP contribution in [0.25, 0.3) is 54.9 Å². The zero-order valence-electron chi connectivity index (χ0n) is 26.5. The summed E-state index contributed by atoms with van der Waals surface area (Å²) in [5.74, 6) is 1.66. The minimum atomic E-state index is -1.45. The molecule has 0 bridgehead atoms. The summed E-state index contributed by atoms with van der Waals surface area (Å²) in [6.07, 6.45) is 4.04. The van der Waals surface area contributed by atoms with Crippen molar-refractivity contribution < 1.29 is 29.6 Å². The average molecular weight is 729 g/mol. The van der Waals surface area contributed by atoms with E-state index in [0.29, 0.717) is 16.8 Å². The van der Waals surface area contributed by atoms with Gasteiger partial charge in [-0.2, -0.15) is 18.2 Å². The standard InChI is InChI=1S/C42H27FN4O.Pd/c1-42(2)33-13-4-6-15-37(33)48-38-24-36-31(23-34(38)42)30-12-8-18-44-41(30)47(36)27-10-7-9-25(21-27)39(43)26-16-17-28-29-11-3-5-14-35(29)46-20-19-45-40(46)32(28)22-26;/h3-20,23-24,39H,1-2H3;/q-2;+2. The van der Waals surface area contributed by atoms with Gasteiger partial charge in [0.2, 0.25) is 0 Å². The molecule has 0 saturated heterocycles. The van der Waals surface area contributed by atoms with Crippen molar-refractivity contribution in [3.63, 3.8) is 0 Å². The summed E-state index contributed by atoms with van der Waals surface area (Å²) in [5, 5.41) is 4.92. The first-order valence-corrected chi connectivity index (χ1v) is 16.0. The Balaban J connectivity index is 0.00000325. The Morgan fingerprint density at radius 2 is 1.47 bits per heavy atom. The van der Waals surface area contributed by atoms with Crippen molar-refractivity contribution in [1.82, 2.24) is 18.9 Å². The quantitative estimate of drug-likeness (QED) is 0.103. The molecular formula is C42H27FN4OPd. The summed E-state index contributed by atoms with van der Waals surface area (Å²) in [4.78, 5) is 9.41. The minimum Gasteiger partial charge on any atom is -0.457 e. The second kappa shape index (κ2) is 10.8. The number of para-hydroxylation sites is 2. The fourth-order valence-corrected chi connectivity index (χ4v) is 7.59. The predicted octanol–water partition coefficient (Wildman–Crippen LogP) is 10.2. The molecule has 5 aromatic carbocycles. The SMILES string of the molecule is CC1(C)c2ccccc2Oc2cc3c(cc21)c1cccnc1n3-c1[c-]c(C(F)c2[c-]c3c(cc2)c2ccccc2n2ccnc32)ccc1.[Pd+2]. The second-order valence-corrected chi connectivity index (χ2v) is 13.0. The Kier molecular flexibility index (Phi) is 6.58. The van der Waals surface area contributed by atoms with E-state index in [1.54, 1.807) is 18.5 Å². The molecule has 1 unspecified atom stereocenters. The van der Waals surface area contributed by atoms with Crippen LogP contribution in [-0.2, 0) is 25.8 Å². The molecule has 4 aromatic heterocycles. The molecule has 9 aromatic rings. The van der Waals surface area contributed by atoms with Crippen LogP contribution in [0.4, 0.5) is 4.39 Å². The van der Waals surface area contributed by atoms with Gasteiger partial charge in [-0.3, -0.25) is 4.98 Å². The van der Waals surface area contributed by atoms with Gasteiger partial charge in [0.25, 0.3) is 0 Å². The molecule has 0 fully saturated rings. The Morgan fingerprint density at radius 3 is 2.39 bits per heavy atom. The molecule has 0 saturated carbocycles. The van der Waals surface area contributed by atoms with Gasteiger partial charge in [-0.05, 0) is 35.7 Å². The van der Waals surface area contributed by atoms with Gasteiger partial charge in [0.1, 0.15) is 23.3 Å². The summed E-state index contributed by atoms with van der Waals surface area (Å²) in [5.41, 5.74) is 7.06. The van der Waals surface area contributed by atoms with E-state index in [9.17, 15) is 0 Å². The Hall–Kier alpha value is -5.35. The molecule has 5 nitrogen and oxygen atoms in total. The monoisotopic (exact) mass is 728 g/mol. The van der Waals surface area contributed by atoms with Crippen LogP contribution in [-0.4, -0.2) is 18.9 Å². The molecule has 1 aliphatic rings. The van der Waals surface area contributed by atoms with Gasteiger partial charge >= 0.3 is 20.4 Å². The van der Waals surface area contributed by atoms with E-state index in [0.717, 1.165) is 71.9 Å². The Labute approximate surface area is 295 Å². The molecule has 0 N–H and O–H groups in total. The third-order valence-corrected chi connectivity index (χ3v) is 9.96. The van der Waals surface area contributed by atoms with Crippen molar-refractivity contribution in [3.05, 3.63) is 156 Å². The molecule has 0 spiro atoms. The smallest absolute Gasteiger partial charge is 0.457 e. The van der Waals surface area contributed by atoms with Crippen molar-refractivity contribution in [2.24, 2.45) is 0 Å². The predicted molar refractivity (Wildman–Crippen MR) is 188 cm³/mol. The Morgan fingerprint density at radius 1 is 0.673 bits per heavy atom. The van der Waals surface area contributed by atoms with E-state index in [-0.39, 0.29) is 25.8 Å². The molecule has 5 heterocycles. The van der Waals surface area contributed by atoms with Gasteiger partial charge in [0.15, 0.2) is 0 Å². The summed E-state index contributed by atoms with van der Waals surface area (Å²) < 4.78 is 27.2. The van der Waals surface area contributed by atoms with E-state index in [2.05, 4.69) is 78.0 Å². The molecule has 0 aliphatic carbocycles. The third-order valence-electron chi connectivity index (χ3n) is 9.96. The number of hydrogen-bond acceptors (Lipinski definition) is 3. The van der Waals surface area contributed by atoms with Gasteiger partial charge in [0, 0.05) is 57.5 Å². The summed E-state index contributed by atoms with van der Waals surface area (Å²) in [6.45, 7) is 4.47. The molecule has 0 amide bonds. The largest absolute Gasteiger partial charge is 2.00 e. The van der Waals surface area contributed by atoms with Crippen LogP contribution in [0.15, 0.2) is 122 Å². The summed E-state index contributed by atoms with van der Waals surface area (Å²) >= 11 is 0. The molecule has 0 radical (unpaired) electrons. The average Bonchev–Trinajstić information content (AvgIpc) is 3.74. The number of rotatable bonds is 3. The molecule has 7 heteroatoms. The number of pyridine rings is 2. The van der Waals surface area contributed by atoms with Crippen molar-refractivity contribution in [1.29, 1.82) is 0 Å². The number of benzene rings is 5. The second-order valence-electron chi connectivity index (χ2n) is 13.0. The van der Waals surface area contributed by atoms with Crippen LogP contribution >= 0.6 is 0 Å². The number of alkyl halides is 1. The van der Waals surface area contributed by atoms with E-state index >= 15 is 4.39 Å². The van der Waals surface area contributed by atoms with Crippen molar-refractivity contribution >= 4 is 49.3 Å². The fraction of sp³-hybridized carbons (Fsp3) is 0.0952. The number of nitrogens with zero attached hydrogens (tertiary/aromatic N) is 4. The van der Waals surface area contributed by atoms with Crippen LogP contribution in [0.1, 0.15) is 42.3 Å². The van der Waals surface area contributed by atoms with Gasteiger partial charge < -0.3 is 13.7 Å². The number of fused-ring (bicyclic) bond motifs is 11. The normalized spacial score (nSPS) is 14.1. The van der Waals surface area contributed by atoms with Crippen LogP contribution in [0.3, 0.4) is 0 Å². The molecule has 238 valence electrons. The van der Waals surface area contributed by atoms with Gasteiger partial charge in [-0.25, -0.2) is 9.37 Å². The van der Waals surface area contributed by atoms with E-state index in [1.165, 1.54) is 0 Å². The first-order valence-electron chi connectivity index (χ1n) is 16.0. The summed E-state index contributed by atoms with van der Waals surface area (Å²) in [6, 6.07) is 41.0. The minimum absolute atomic E-state index is 0. The number of ether oxygens (including phenoxy) is 1. The third kappa shape index (κ3) is 4.26. The van der Waals surface area contributed by atoms with Crippen LogP contribution < -0.4 is 4.74 Å². The van der Waals surface area contributed by atoms with Crippen LogP contribution in [0.5, 0.6) is 11.5 Å². The maximum atomic E-state index is 16.6. The van der Waals surface area contributed by atoms with E-state index in [4.69, 9.17) is 9.72 Å². The molecule has 10 rings (SSSR count). The van der Waals surface area contributed by atoms with E-state index < -0.39 is 6.17 Å². The van der Waals surface area contributed by atoms with Crippen LogP contribution in [0, 0.1) is 12.1 Å². The number of imidazole rings is 1. The molecule has 1 atom stereocenters. The molecule has 1 aliphatic heterocycles. The zero-order valence-corrected chi connectivity index (χ0v) is 28.1. The maximum Gasteiger partial charge on any atom is 2.00 e. The topological polar surface area (TPSA) is 44.4 Å². The number of aromatic nitrogens is 4. The summed E-state index contributed by atoms with van der Waals surface area (Å²) in [7, 11) is 0. The first kappa shape index (κ1) is 29.8. The van der Waals surface area contributed by atoms with E-state index in [1.807, 2.05) is 65.2 Å². The maximum absolute atomic E-state index is 16.6. The van der Waals surface area contributed by atoms with Crippen molar-refractivity contribution in [3.8, 4) is 17.2 Å². The molecular weight excluding hydrogens is 702 g/mol. The number of hydrogen-bond donors (Lipinski definition) is 0. The Bertz CT molecular complexity index is 2780. The van der Waals surface area contributed by atoms with Gasteiger partial charge in [-0.1, -0.05) is 72.3 Å². The van der Waals surface area contributed by atoms with Gasteiger partial charge in [-0.15, -0.1) is 29.8 Å². The van der Waals surface area contributed by atoms with Gasteiger partial charge in [0.05, 0.1) is 11.2 Å². The fourth-order valence-electron chi connectivity index (χ4n) is 7.59. The van der Waals surface area contributed by atoms with Crippen molar-refractivity contribution in [2.45, 2.75) is 25.4 Å². The molecule has 49 heavy (non-hydrogen) atoms. The van der Waals surface area contributed by atoms with Crippen molar-refractivity contribution in [2.75, 3.05) is 0 Å². The van der Waals surface area contributed by atoms with Crippen LogP contribution in [0.2, 0.25) is 0 Å². The number of halogens is 1. The zero-order chi connectivity index (χ0) is 32.1.